The fraction of sp³-hybridized carbons (Fsp3) is 0.500. The zero-order chi connectivity index (χ0) is 16.8. The summed E-state index contributed by atoms with van der Waals surface area (Å²) in [6.07, 6.45) is 4.51. The lowest BCUT2D eigenvalue weighted by molar-refractivity contribution is 0.0954. The maximum absolute atomic E-state index is 12.0. The highest BCUT2D eigenvalue weighted by atomic mass is 32.1. The van der Waals surface area contributed by atoms with Crippen LogP contribution in [0.15, 0.2) is 24.0 Å². The van der Waals surface area contributed by atoms with Crippen molar-refractivity contribution in [1.29, 1.82) is 0 Å². The Labute approximate surface area is 145 Å². The molecule has 0 unspecified atom stereocenters. The minimum atomic E-state index is -0.0129. The van der Waals surface area contributed by atoms with Gasteiger partial charge in [0.05, 0.1) is 11.2 Å². The Hall–Kier alpha value is -2.06. The molecule has 0 saturated carbocycles. The van der Waals surface area contributed by atoms with Crippen LogP contribution in [0.25, 0.3) is 0 Å². The van der Waals surface area contributed by atoms with Gasteiger partial charge in [-0.3, -0.25) is 9.69 Å². The fourth-order valence-corrected chi connectivity index (χ4v) is 3.45. The van der Waals surface area contributed by atoms with Gasteiger partial charge in [0.25, 0.3) is 5.91 Å². The highest BCUT2D eigenvalue weighted by Crippen LogP contribution is 2.12. The van der Waals surface area contributed by atoms with E-state index in [0.717, 1.165) is 50.8 Å². The first-order chi connectivity index (χ1) is 11.7. The van der Waals surface area contributed by atoms with Gasteiger partial charge in [-0.15, -0.1) is 11.3 Å². The third-order valence-corrected chi connectivity index (χ3v) is 5.02. The van der Waals surface area contributed by atoms with Crippen LogP contribution in [0.2, 0.25) is 0 Å². The van der Waals surface area contributed by atoms with Gasteiger partial charge in [0, 0.05) is 45.1 Å². The maximum atomic E-state index is 12.0. The summed E-state index contributed by atoms with van der Waals surface area (Å²) in [6.45, 7) is 7.43. The summed E-state index contributed by atoms with van der Waals surface area (Å²) in [4.78, 5) is 30.1. The molecule has 1 fully saturated rings. The zero-order valence-electron chi connectivity index (χ0n) is 13.8. The number of nitrogens with one attached hydrogen (secondary N) is 1. The first-order valence-corrected chi connectivity index (χ1v) is 9.04. The molecule has 8 heteroatoms. The molecule has 0 aromatic carbocycles. The van der Waals surface area contributed by atoms with Crippen molar-refractivity contribution in [1.82, 2.24) is 25.2 Å². The third kappa shape index (κ3) is 4.27. The van der Waals surface area contributed by atoms with E-state index in [0.29, 0.717) is 11.4 Å². The SMILES string of the molecule is Cc1ncsc1C(=O)NCCCN1CCN(c2ncccn2)CC1. The second-order valence-electron chi connectivity index (χ2n) is 5.75. The molecular weight excluding hydrogens is 324 g/mol. The van der Waals surface area contributed by atoms with Crippen molar-refractivity contribution in [2.45, 2.75) is 13.3 Å². The smallest absolute Gasteiger partial charge is 0.263 e. The summed E-state index contributed by atoms with van der Waals surface area (Å²) in [7, 11) is 0. The highest BCUT2D eigenvalue weighted by molar-refractivity contribution is 7.11. The molecule has 3 rings (SSSR count). The van der Waals surface area contributed by atoms with Gasteiger partial charge in [-0.2, -0.15) is 0 Å². The molecule has 3 heterocycles. The topological polar surface area (TPSA) is 74.2 Å². The number of hydrogen-bond donors (Lipinski definition) is 1. The number of aryl methyl sites for hydroxylation is 1. The van der Waals surface area contributed by atoms with E-state index < -0.39 is 0 Å². The predicted octanol–water partition coefficient (Wildman–Crippen LogP) is 1.18. The Balaban J connectivity index is 1.34. The number of thiazole rings is 1. The summed E-state index contributed by atoms with van der Waals surface area (Å²) < 4.78 is 0. The van der Waals surface area contributed by atoms with Crippen molar-refractivity contribution in [3.63, 3.8) is 0 Å². The molecule has 24 heavy (non-hydrogen) atoms. The molecule has 1 aliphatic heterocycles. The van der Waals surface area contributed by atoms with Crippen LogP contribution in [-0.2, 0) is 0 Å². The Morgan fingerprint density at radius 3 is 2.62 bits per heavy atom. The Bertz CT molecular complexity index is 654. The Morgan fingerprint density at radius 2 is 1.96 bits per heavy atom. The van der Waals surface area contributed by atoms with Crippen LogP contribution in [0, 0.1) is 6.92 Å². The molecule has 0 spiro atoms. The van der Waals surface area contributed by atoms with E-state index in [4.69, 9.17) is 0 Å². The van der Waals surface area contributed by atoms with Crippen molar-refractivity contribution in [3.8, 4) is 0 Å². The predicted molar refractivity (Wildman–Crippen MR) is 94.5 cm³/mol. The van der Waals surface area contributed by atoms with Gasteiger partial charge in [0.15, 0.2) is 0 Å². The molecule has 1 amide bonds. The highest BCUT2D eigenvalue weighted by Gasteiger charge is 2.18. The first-order valence-electron chi connectivity index (χ1n) is 8.16. The molecule has 0 bridgehead atoms. The largest absolute Gasteiger partial charge is 0.351 e. The first kappa shape index (κ1) is 16.8. The number of anilines is 1. The van der Waals surface area contributed by atoms with Crippen LogP contribution in [-0.4, -0.2) is 65.0 Å². The number of carbonyl (C=O) groups is 1. The van der Waals surface area contributed by atoms with Crippen LogP contribution < -0.4 is 10.2 Å². The minimum Gasteiger partial charge on any atom is -0.351 e. The van der Waals surface area contributed by atoms with Gasteiger partial charge in [-0.25, -0.2) is 15.0 Å². The molecule has 1 aliphatic rings. The number of rotatable bonds is 6. The van der Waals surface area contributed by atoms with Crippen molar-refractivity contribution in [2.24, 2.45) is 0 Å². The molecule has 0 radical (unpaired) electrons. The summed E-state index contributed by atoms with van der Waals surface area (Å²) in [6, 6.07) is 1.84. The van der Waals surface area contributed by atoms with Gasteiger partial charge in [-0.1, -0.05) is 0 Å². The molecule has 2 aromatic heterocycles. The second kappa shape index (κ2) is 8.16. The molecular formula is C16H22N6OS. The van der Waals surface area contributed by atoms with Crippen LogP contribution >= 0.6 is 11.3 Å². The normalized spacial score (nSPS) is 15.5. The van der Waals surface area contributed by atoms with E-state index in [1.165, 1.54) is 11.3 Å². The fourth-order valence-electron chi connectivity index (χ4n) is 2.73. The summed E-state index contributed by atoms with van der Waals surface area (Å²) in [5, 5.41) is 2.97. The number of piperazine rings is 1. The molecule has 0 atom stereocenters. The van der Waals surface area contributed by atoms with Gasteiger partial charge in [0.1, 0.15) is 4.88 Å². The van der Waals surface area contributed by atoms with E-state index in [1.807, 2.05) is 13.0 Å². The summed E-state index contributed by atoms with van der Waals surface area (Å²) in [5.74, 6) is 0.797. The van der Waals surface area contributed by atoms with Crippen LogP contribution in [0.3, 0.4) is 0 Å². The minimum absolute atomic E-state index is 0.0129. The molecule has 2 aromatic rings. The monoisotopic (exact) mass is 346 g/mol. The van der Waals surface area contributed by atoms with Gasteiger partial charge < -0.3 is 10.2 Å². The third-order valence-electron chi connectivity index (χ3n) is 4.10. The summed E-state index contributed by atoms with van der Waals surface area (Å²) in [5.41, 5.74) is 2.51. The number of nitrogens with zero attached hydrogens (tertiary/aromatic N) is 5. The Morgan fingerprint density at radius 1 is 1.21 bits per heavy atom. The van der Waals surface area contributed by atoms with Gasteiger partial charge in [-0.05, 0) is 26.0 Å². The number of amides is 1. The van der Waals surface area contributed by atoms with Crippen molar-refractivity contribution < 1.29 is 4.79 Å². The molecule has 0 aliphatic carbocycles. The average molecular weight is 346 g/mol. The van der Waals surface area contributed by atoms with E-state index in [-0.39, 0.29) is 5.91 Å². The van der Waals surface area contributed by atoms with Crippen LogP contribution in [0.4, 0.5) is 5.95 Å². The van der Waals surface area contributed by atoms with Crippen molar-refractivity contribution in [3.05, 3.63) is 34.5 Å². The van der Waals surface area contributed by atoms with E-state index in [1.54, 1.807) is 17.9 Å². The lowest BCUT2D eigenvalue weighted by atomic mass is 10.3. The van der Waals surface area contributed by atoms with Crippen LogP contribution in [0.1, 0.15) is 21.8 Å². The van der Waals surface area contributed by atoms with Crippen LogP contribution in [0.5, 0.6) is 0 Å². The summed E-state index contributed by atoms with van der Waals surface area (Å²) >= 11 is 1.39. The zero-order valence-corrected chi connectivity index (χ0v) is 14.6. The average Bonchev–Trinajstić information content (AvgIpc) is 3.06. The van der Waals surface area contributed by atoms with E-state index in [2.05, 4.69) is 30.1 Å². The molecule has 1 N–H and O–H groups in total. The van der Waals surface area contributed by atoms with Crippen molar-refractivity contribution >= 4 is 23.2 Å². The van der Waals surface area contributed by atoms with Gasteiger partial charge in [0.2, 0.25) is 5.95 Å². The van der Waals surface area contributed by atoms with E-state index >= 15 is 0 Å². The number of carbonyl (C=O) groups excluding carboxylic acids is 1. The quantitative estimate of drug-likeness (QED) is 0.792. The van der Waals surface area contributed by atoms with Gasteiger partial charge >= 0.3 is 0 Å². The number of hydrogen-bond acceptors (Lipinski definition) is 7. The Kier molecular flexibility index (Phi) is 5.71. The molecule has 128 valence electrons. The van der Waals surface area contributed by atoms with E-state index in [9.17, 15) is 4.79 Å². The lowest BCUT2D eigenvalue weighted by Gasteiger charge is -2.34. The van der Waals surface area contributed by atoms with Crippen molar-refractivity contribution in [2.75, 3.05) is 44.2 Å². The molecule has 1 saturated heterocycles. The molecule has 7 nitrogen and oxygen atoms in total. The second-order valence-corrected chi connectivity index (χ2v) is 6.61. The lowest BCUT2D eigenvalue weighted by Crippen LogP contribution is -2.47. The number of aromatic nitrogens is 3. The standard InChI is InChI=1S/C16H22N6OS/c1-13-14(24-12-20-13)15(23)17-6-3-7-21-8-10-22(11-9-21)16-18-4-2-5-19-16/h2,4-5,12H,3,6-11H2,1H3,(H,17,23). The maximum Gasteiger partial charge on any atom is 0.263 e.